The first kappa shape index (κ1) is 17.2. The fourth-order valence-electron chi connectivity index (χ4n) is 1.93. The molecule has 0 aliphatic rings. The highest BCUT2D eigenvalue weighted by atomic mass is 16.5. The van der Waals surface area contributed by atoms with Crippen LogP contribution in [-0.2, 0) is 9.47 Å². The molecule has 1 aromatic carbocycles. The maximum Gasteiger partial charge on any atom is 0.0950 e. The van der Waals surface area contributed by atoms with Crippen molar-refractivity contribution in [3.63, 3.8) is 0 Å². The monoisotopic (exact) mass is 279 g/mol. The smallest absolute Gasteiger partial charge is 0.0950 e. The number of hydrogen-bond donors (Lipinski definition) is 1. The fourth-order valence-corrected chi connectivity index (χ4v) is 1.93. The van der Waals surface area contributed by atoms with E-state index in [1.165, 1.54) is 17.5 Å². The van der Waals surface area contributed by atoms with Gasteiger partial charge in [-0.1, -0.05) is 50.1 Å². The molecule has 0 spiro atoms. The van der Waals surface area contributed by atoms with Crippen LogP contribution < -0.4 is 5.32 Å². The molecule has 0 radical (unpaired) electrons. The summed E-state index contributed by atoms with van der Waals surface area (Å²) in [7, 11) is 0. The number of benzene rings is 1. The summed E-state index contributed by atoms with van der Waals surface area (Å²) in [6.45, 7) is 10.3. The minimum absolute atomic E-state index is 0.102. The summed E-state index contributed by atoms with van der Waals surface area (Å²) in [6, 6.07) is 8.56. The summed E-state index contributed by atoms with van der Waals surface area (Å²) in [4.78, 5) is 0. The summed E-state index contributed by atoms with van der Waals surface area (Å²) in [5.41, 5.74) is 2.50. The molecule has 0 heterocycles. The van der Waals surface area contributed by atoms with Gasteiger partial charge in [0.25, 0.3) is 0 Å². The Morgan fingerprint density at radius 1 is 1.05 bits per heavy atom. The molecule has 0 aliphatic heterocycles. The Bertz CT molecular complexity index is 337. The first-order chi connectivity index (χ1) is 9.77. The van der Waals surface area contributed by atoms with Crippen molar-refractivity contribution in [3.05, 3.63) is 35.4 Å². The molecule has 0 bridgehead atoms. The molecule has 0 amide bonds. The van der Waals surface area contributed by atoms with E-state index in [9.17, 15) is 0 Å². The Hall–Kier alpha value is -0.900. The third-order valence-electron chi connectivity index (χ3n) is 3.22. The molecule has 0 aliphatic carbocycles. The maximum atomic E-state index is 5.96. The van der Waals surface area contributed by atoms with Gasteiger partial charge >= 0.3 is 0 Å². The third-order valence-corrected chi connectivity index (χ3v) is 3.22. The van der Waals surface area contributed by atoms with Crippen molar-refractivity contribution in [1.82, 2.24) is 5.32 Å². The quantitative estimate of drug-likeness (QED) is 0.629. The van der Waals surface area contributed by atoms with E-state index in [1.54, 1.807) is 0 Å². The van der Waals surface area contributed by atoms with E-state index >= 15 is 0 Å². The van der Waals surface area contributed by atoms with Crippen molar-refractivity contribution in [2.45, 2.75) is 39.7 Å². The number of nitrogens with one attached hydrogen (secondary N) is 1. The second-order valence-corrected chi connectivity index (χ2v) is 5.04. The highest BCUT2D eigenvalue weighted by molar-refractivity contribution is 5.23. The molecule has 1 aromatic rings. The van der Waals surface area contributed by atoms with Gasteiger partial charge in [-0.15, -0.1) is 0 Å². The summed E-state index contributed by atoms with van der Waals surface area (Å²) in [5.74, 6) is 0. The molecule has 1 atom stereocenters. The molecular weight excluding hydrogens is 250 g/mol. The predicted molar refractivity (Wildman–Crippen MR) is 84.1 cm³/mol. The Morgan fingerprint density at radius 3 is 2.45 bits per heavy atom. The van der Waals surface area contributed by atoms with Crippen LogP contribution in [0.1, 0.15) is 43.9 Å². The number of aryl methyl sites for hydroxylation is 1. The third kappa shape index (κ3) is 7.04. The molecule has 1 N–H and O–H groups in total. The van der Waals surface area contributed by atoms with Gasteiger partial charge in [0.05, 0.1) is 19.3 Å². The first-order valence-corrected chi connectivity index (χ1v) is 7.74. The largest absolute Gasteiger partial charge is 0.379 e. The maximum absolute atomic E-state index is 5.96. The Balaban J connectivity index is 2.37. The van der Waals surface area contributed by atoms with Gasteiger partial charge in [0.15, 0.2) is 0 Å². The summed E-state index contributed by atoms with van der Waals surface area (Å²) < 4.78 is 11.5. The van der Waals surface area contributed by atoms with E-state index in [0.29, 0.717) is 13.2 Å². The average Bonchev–Trinajstić information content (AvgIpc) is 2.47. The second kappa shape index (κ2) is 10.8. The van der Waals surface area contributed by atoms with Crippen molar-refractivity contribution in [1.29, 1.82) is 0 Å². The van der Waals surface area contributed by atoms with E-state index in [4.69, 9.17) is 9.47 Å². The average molecular weight is 279 g/mol. The molecule has 1 unspecified atom stereocenters. The van der Waals surface area contributed by atoms with Gasteiger partial charge < -0.3 is 14.8 Å². The van der Waals surface area contributed by atoms with E-state index in [1.807, 2.05) is 0 Å². The van der Waals surface area contributed by atoms with E-state index in [-0.39, 0.29) is 6.10 Å². The summed E-state index contributed by atoms with van der Waals surface area (Å²) in [6.07, 6.45) is 2.40. The predicted octanol–water partition coefficient (Wildman–Crippen LogP) is 3.48. The molecular formula is C17H29NO2. The molecule has 3 nitrogen and oxygen atoms in total. The number of hydrogen-bond acceptors (Lipinski definition) is 3. The van der Waals surface area contributed by atoms with Crippen molar-refractivity contribution in [3.8, 4) is 0 Å². The van der Waals surface area contributed by atoms with Gasteiger partial charge in [-0.3, -0.25) is 0 Å². The van der Waals surface area contributed by atoms with Gasteiger partial charge in [0, 0.05) is 13.2 Å². The summed E-state index contributed by atoms with van der Waals surface area (Å²) in [5, 5.41) is 3.36. The normalized spacial score (nSPS) is 12.6. The lowest BCUT2D eigenvalue weighted by molar-refractivity contribution is 0.00379. The summed E-state index contributed by atoms with van der Waals surface area (Å²) >= 11 is 0. The van der Waals surface area contributed by atoms with E-state index < -0.39 is 0 Å². The molecule has 3 heteroatoms. The highest BCUT2D eigenvalue weighted by Crippen LogP contribution is 2.17. The zero-order valence-electron chi connectivity index (χ0n) is 13.2. The van der Waals surface area contributed by atoms with Crippen molar-refractivity contribution < 1.29 is 9.47 Å². The van der Waals surface area contributed by atoms with Crippen molar-refractivity contribution >= 4 is 0 Å². The lowest BCUT2D eigenvalue weighted by atomic mass is 10.1. The van der Waals surface area contributed by atoms with Crippen LogP contribution >= 0.6 is 0 Å². The van der Waals surface area contributed by atoms with Crippen LogP contribution in [0.25, 0.3) is 0 Å². The minimum Gasteiger partial charge on any atom is -0.379 e. The van der Waals surface area contributed by atoms with Crippen LogP contribution in [0.15, 0.2) is 24.3 Å². The van der Waals surface area contributed by atoms with Crippen LogP contribution in [0.4, 0.5) is 0 Å². The molecule has 0 saturated carbocycles. The van der Waals surface area contributed by atoms with Gasteiger partial charge in [-0.25, -0.2) is 0 Å². The van der Waals surface area contributed by atoms with Gasteiger partial charge in [0.1, 0.15) is 0 Å². The van der Waals surface area contributed by atoms with Crippen LogP contribution in [0.2, 0.25) is 0 Å². The number of rotatable bonds is 11. The number of unbranched alkanes of at least 4 members (excludes halogenated alkanes) is 1. The van der Waals surface area contributed by atoms with Gasteiger partial charge in [0.2, 0.25) is 0 Å². The SMILES string of the molecule is CCCCOCCOC(CNCC)c1ccc(C)cc1. The lowest BCUT2D eigenvalue weighted by Crippen LogP contribution is -2.24. The molecule has 1 rings (SSSR count). The molecule has 0 fully saturated rings. The van der Waals surface area contributed by atoms with Crippen molar-refractivity contribution in [2.75, 3.05) is 32.9 Å². The Kier molecular flexibility index (Phi) is 9.29. The van der Waals surface area contributed by atoms with Gasteiger partial charge in [-0.2, -0.15) is 0 Å². The number of ether oxygens (including phenoxy) is 2. The minimum atomic E-state index is 0.102. The topological polar surface area (TPSA) is 30.5 Å². The van der Waals surface area contributed by atoms with E-state index in [2.05, 4.69) is 50.4 Å². The second-order valence-electron chi connectivity index (χ2n) is 5.04. The molecule has 20 heavy (non-hydrogen) atoms. The highest BCUT2D eigenvalue weighted by Gasteiger charge is 2.11. The first-order valence-electron chi connectivity index (χ1n) is 7.74. The zero-order valence-corrected chi connectivity index (χ0v) is 13.2. The van der Waals surface area contributed by atoms with Crippen LogP contribution in [-0.4, -0.2) is 32.9 Å². The Morgan fingerprint density at radius 2 is 1.80 bits per heavy atom. The standard InChI is InChI=1S/C17H29NO2/c1-4-6-11-19-12-13-20-17(14-18-5-2)16-9-7-15(3)8-10-16/h7-10,17-18H,4-6,11-14H2,1-3H3. The fraction of sp³-hybridized carbons (Fsp3) is 0.647. The molecule has 114 valence electrons. The van der Waals surface area contributed by atoms with Crippen molar-refractivity contribution in [2.24, 2.45) is 0 Å². The van der Waals surface area contributed by atoms with Crippen LogP contribution in [0.5, 0.6) is 0 Å². The van der Waals surface area contributed by atoms with Crippen LogP contribution in [0.3, 0.4) is 0 Å². The Labute approximate surface area is 123 Å². The van der Waals surface area contributed by atoms with E-state index in [0.717, 1.165) is 26.1 Å². The number of likely N-dealkylation sites (N-methyl/N-ethyl adjacent to an activating group) is 1. The zero-order chi connectivity index (χ0) is 14.6. The molecule has 0 aromatic heterocycles. The van der Waals surface area contributed by atoms with Gasteiger partial charge in [-0.05, 0) is 25.5 Å². The molecule has 0 saturated heterocycles. The lowest BCUT2D eigenvalue weighted by Gasteiger charge is -2.19. The van der Waals surface area contributed by atoms with Crippen LogP contribution in [0, 0.1) is 6.92 Å².